The minimum Gasteiger partial charge on any atom is -0.465 e. The molecule has 0 spiro atoms. The molecular formula is C26H34BrN5O5Si. The predicted molar refractivity (Wildman–Crippen MR) is 152 cm³/mol. The van der Waals surface area contributed by atoms with Gasteiger partial charge in [0.2, 0.25) is 0 Å². The SMILES string of the molecule is C[C@H]1CN(c2ccncc2NC(=O)c2ccc3occ(Br)c3n2)C[C@@H](NC(=O)O)[C@@H]1O[Si](C)(C)C(C)(C)C. The molecule has 0 unspecified atom stereocenters. The predicted octanol–water partition coefficient (Wildman–Crippen LogP) is 5.72. The number of halogens is 1. The first kappa shape index (κ1) is 28.1. The maximum absolute atomic E-state index is 13.1. The van der Waals surface area contributed by atoms with Crippen molar-refractivity contribution in [2.24, 2.45) is 5.92 Å². The molecule has 1 aliphatic heterocycles. The number of carbonyl (C=O) groups excluding carboxylic acids is 1. The van der Waals surface area contributed by atoms with Gasteiger partial charge in [0.05, 0.1) is 34.2 Å². The second kappa shape index (κ2) is 10.7. The summed E-state index contributed by atoms with van der Waals surface area (Å²) in [6.07, 6.45) is 3.40. The summed E-state index contributed by atoms with van der Waals surface area (Å²) in [5.41, 5.74) is 2.62. The van der Waals surface area contributed by atoms with Crippen LogP contribution in [0.5, 0.6) is 0 Å². The standard InChI is InChI=1S/C26H34BrN5O5Si/c1-15-12-32(13-19(31-25(34)35)23(15)37-38(5,6)26(2,3)4)20-9-10-28-11-18(20)30-24(33)17-7-8-21-22(29-17)16(27)14-36-21/h7-11,14-15,19,23,31H,12-13H2,1-6H3,(H,30,33)(H,34,35)/t15-,19+,23+/m0/s1. The molecule has 3 atom stereocenters. The average Bonchev–Trinajstić information content (AvgIpc) is 3.20. The van der Waals surface area contributed by atoms with Gasteiger partial charge in [-0.3, -0.25) is 9.78 Å². The zero-order valence-corrected chi connectivity index (χ0v) is 25.0. The lowest BCUT2D eigenvalue weighted by atomic mass is 9.92. The third kappa shape index (κ3) is 5.86. The van der Waals surface area contributed by atoms with Crippen LogP contribution in [0.1, 0.15) is 38.2 Å². The highest BCUT2D eigenvalue weighted by Crippen LogP contribution is 2.40. The van der Waals surface area contributed by atoms with E-state index in [1.54, 1.807) is 24.5 Å². The van der Waals surface area contributed by atoms with Crippen LogP contribution in [0.2, 0.25) is 18.1 Å². The fourth-order valence-electron chi connectivity index (χ4n) is 4.42. The molecule has 0 bridgehead atoms. The van der Waals surface area contributed by atoms with Crippen molar-refractivity contribution < 1.29 is 23.5 Å². The maximum Gasteiger partial charge on any atom is 0.405 e. The number of aromatic nitrogens is 2. The van der Waals surface area contributed by atoms with Gasteiger partial charge in [0.15, 0.2) is 13.9 Å². The fraction of sp³-hybridized carbons (Fsp3) is 0.462. The van der Waals surface area contributed by atoms with Gasteiger partial charge < -0.3 is 29.5 Å². The lowest BCUT2D eigenvalue weighted by Crippen LogP contribution is -2.62. The number of nitrogens with zero attached hydrogens (tertiary/aromatic N) is 3. The van der Waals surface area contributed by atoms with E-state index in [0.29, 0.717) is 34.3 Å². The topological polar surface area (TPSA) is 130 Å². The molecule has 0 aliphatic carbocycles. The van der Waals surface area contributed by atoms with Crippen LogP contribution in [-0.4, -0.2) is 60.6 Å². The van der Waals surface area contributed by atoms with Gasteiger partial charge in [0.1, 0.15) is 17.5 Å². The van der Waals surface area contributed by atoms with Crippen LogP contribution in [-0.2, 0) is 4.43 Å². The summed E-state index contributed by atoms with van der Waals surface area (Å²) < 4.78 is 12.8. The van der Waals surface area contributed by atoms with E-state index in [2.05, 4.69) is 82.2 Å². The summed E-state index contributed by atoms with van der Waals surface area (Å²) in [4.78, 5) is 35.6. The molecule has 1 saturated heterocycles. The summed E-state index contributed by atoms with van der Waals surface area (Å²) in [7, 11) is -2.15. The highest BCUT2D eigenvalue weighted by Gasteiger charge is 2.45. The van der Waals surface area contributed by atoms with E-state index in [4.69, 9.17) is 8.84 Å². The number of piperidine rings is 1. The lowest BCUT2D eigenvalue weighted by molar-refractivity contribution is 0.0722. The van der Waals surface area contributed by atoms with Crippen LogP contribution >= 0.6 is 15.9 Å². The van der Waals surface area contributed by atoms with E-state index >= 15 is 0 Å². The Morgan fingerprint density at radius 3 is 2.66 bits per heavy atom. The first-order valence-corrected chi connectivity index (χ1v) is 16.2. The Morgan fingerprint density at radius 2 is 1.97 bits per heavy atom. The number of fused-ring (bicyclic) bond motifs is 1. The van der Waals surface area contributed by atoms with Gasteiger partial charge in [-0.1, -0.05) is 27.7 Å². The van der Waals surface area contributed by atoms with Gasteiger partial charge in [-0.25, -0.2) is 9.78 Å². The highest BCUT2D eigenvalue weighted by molar-refractivity contribution is 9.10. The Hall–Kier alpha value is -2.96. The van der Waals surface area contributed by atoms with Crippen molar-refractivity contribution in [3.63, 3.8) is 0 Å². The molecule has 3 aromatic heterocycles. The smallest absolute Gasteiger partial charge is 0.405 e. The van der Waals surface area contributed by atoms with Gasteiger partial charge in [0, 0.05) is 25.2 Å². The van der Waals surface area contributed by atoms with Gasteiger partial charge >= 0.3 is 6.09 Å². The Bertz CT molecular complexity index is 1340. The summed E-state index contributed by atoms with van der Waals surface area (Å²) in [6, 6.07) is 4.66. The van der Waals surface area contributed by atoms with Crippen molar-refractivity contribution in [2.75, 3.05) is 23.3 Å². The van der Waals surface area contributed by atoms with Crippen LogP contribution < -0.4 is 15.5 Å². The number of nitrogens with one attached hydrogen (secondary N) is 2. The summed E-state index contributed by atoms with van der Waals surface area (Å²) in [5.74, 6) is -0.368. The number of rotatable bonds is 6. The van der Waals surface area contributed by atoms with Crippen molar-refractivity contribution in [1.82, 2.24) is 15.3 Å². The van der Waals surface area contributed by atoms with E-state index in [1.165, 1.54) is 6.26 Å². The number of hydrogen-bond donors (Lipinski definition) is 3. The first-order valence-electron chi connectivity index (χ1n) is 12.5. The van der Waals surface area contributed by atoms with Crippen molar-refractivity contribution >= 4 is 58.7 Å². The molecule has 38 heavy (non-hydrogen) atoms. The number of anilines is 2. The van der Waals surface area contributed by atoms with E-state index in [9.17, 15) is 14.7 Å². The van der Waals surface area contributed by atoms with Gasteiger partial charge in [-0.2, -0.15) is 0 Å². The van der Waals surface area contributed by atoms with E-state index in [0.717, 1.165) is 5.69 Å². The average molecular weight is 605 g/mol. The number of carboxylic acid groups (broad SMARTS) is 1. The van der Waals surface area contributed by atoms with Gasteiger partial charge in [-0.15, -0.1) is 0 Å². The van der Waals surface area contributed by atoms with Crippen molar-refractivity contribution in [1.29, 1.82) is 0 Å². The quantitative estimate of drug-likeness (QED) is 0.305. The summed E-state index contributed by atoms with van der Waals surface area (Å²) >= 11 is 3.38. The van der Waals surface area contributed by atoms with Crippen molar-refractivity contribution in [3.05, 3.63) is 47.0 Å². The Balaban J connectivity index is 1.58. The molecule has 0 aromatic carbocycles. The maximum atomic E-state index is 13.1. The van der Waals surface area contributed by atoms with Crippen molar-refractivity contribution in [2.45, 2.75) is 58.0 Å². The lowest BCUT2D eigenvalue weighted by Gasteiger charge is -2.48. The first-order chi connectivity index (χ1) is 17.8. The van der Waals surface area contributed by atoms with Crippen molar-refractivity contribution in [3.8, 4) is 0 Å². The zero-order valence-electron chi connectivity index (χ0n) is 22.4. The van der Waals surface area contributed by atoms with Crippen LogP contribution in [0, 0.1) is 5.92 Å². The highest BCUT2D eigenvalue weighted by atomic mass is 79.9. The third-order valence-corrected chi connectivity index (χ3v) is 12.5. The van der Waals surface area contributed by atoms with Crippen LogP contribution in [0.25, 0.3) is 11.1 Å². The zero-order chi connectivity index (χ0) is 27.8. The molecule has 4 heterocycles. The molecular weight excluding hydrogens is 570 g/mol. The molecule has 1 fully saturated rings. The number of pyridine rings is 2. The number of hydrogen-bond acceptors (Lipinski definition) is 7. The Kier molecular flexibility index (Phi) is 7.87. The monoisotopic (exact) mass is 603 g/mol. The van der Waals surface area contributed by atoms with Gasteiger partial charge in [-0.05, 0) is 52.3 Å². The third-order valence-electron chi connectivity index (χ3n) is 7.42. The molecule has 3 aromatic rings. The molecule has 12 heteroatoms. The molecule has 204 valence electrons. The molecule has 3 N–H and O–H groups in total. The molecule has 4 rings (SSSR count). The molecule has 1 aliphatic rings. The minimum absolute atomic E-state index is 0.0106. The second-order valence-electron chi connectivity index (χ2n) is 11.3. The number of carbonyl (C=O) groups is 2. The Morgan fingerprint density at radius 1 is 1.24 bits per heavy atom. The second-order valence-corrected chi connectivity index (χ2v) is 16.9. The minimum atomic E-state index is -2.15. The molecule has 0 saturated carbocycles. The summed E-state index contributed by atoms with van der Waals surface area (Å²) in [5, 5.41) is 15.2. The molecule has 10 nitrogen and oxygen atoms in total. The van der Waals surface area contributed by atoms with Gasteiger partial charge in [0.25, 0.3) is 5.91 Å². The summed E-state index contributed by atoms with van der Waals surface area (Å²) in [6.45, 7) is 13.9. The number of furan rings is 1. The van der Waals surface area contributed by atoms with Crippen LogP contribution in [0.15, 0.2) is 45.7 Å². The fourth-order valence-corrected chi connectivity index (χ4v) is 6.23. The van der Waals surface area contributed by atoms with Crippen LogP contribution in [0.3, 0.4) is 0 Å². The largest absolute Gasteiger partial charge is 0.465 e. The van der Waals surface area contributed by atoms with E-state index in [1.807, 2.05) is 6.07 Å². The number of amides is 2. The van der Waals surface area contributed by atoms with Crippen LogP contribution in [0.4, 0.5) is 16.2 Å². The van der Waals surface area contributed by atoms with E-state index in [-0.39, 0.29) is 22.8 Å². The Labute approximate surface area is 231 Å². The normalized spacial score (nSPS) is 20.4. The molecule has 0 radical (unpaired) electrons. The molecule has 2 amide bonds. The van der Waals surface area contributed by atoms with E-state index < -0.39 is 26.4 Å².